The van der Waals surface area contributed by atoms with E-state index in [-0.39, 0.29) is 12.3 Å². The van der Waals surface area contributed by atoms with Crippen molar-refractivity contribution in [3.8, 4) is 0 Å². The minimum absolute atomic E-state index is 0.184. The van der Waals surface area contributed by atoms with Crippen LogP contribution in [0.25, 0.3) is 21.8 Å². The van der Waals surface area contributed by atoms with Crippen LogP contribution in [0, 0.1) is 5.92 Å². The van der Waals surface area contributed by atoms with Gasteiger partial charge in [-0.2, -0.15) is 10.2 Å². The standard InChI is InChI=1S/C27H31N7O3/c1-17-6-9-23(18-7-8-19-16-32(2)31-21(19)11-18)33(15-17)27(36)26(35)30-22-14-28-12-20-13-29-34(25(20)22)24-5-3-4-10-37-24/h7-8,11-14,16-17,23-24H,3-6,9-10,15H2,1-2H3,(H,30,35)/t17-,23+,24?/m0/s1. The summed E-state index contributed by atoms with van der Waals surface area (Å²) in [5, 5.41) is 13.7. The van der Waals surface area contributed by atoms with E-state index in [9.17, 15) is 9.59 Å². The van der Waals surface area contributed by atoms with Crippen LogP contribution in [0.5, 0.6) is 0 Å². The fourth-order valence-corrected chi connectivity index (χ4v) is 5.62. The van der Waals surface area contributed by atoms with Gasteiger partial charge in [-0.1, -0.05) is 19.1 Å². The molecule has 2 aliphatic rings. The van der Waals surface area contributed by atoms with Crippen molar-refractivity contribution in [1.82, 2.24) is 29.4 Å². The zero-order chi connectivity index (χ0) is 25.5. The third-order valence-corrected chi connectivity index (χ3v) is 7.48. The number of rotatable bonds is 3. The fourth-order valence-electron chi connectivity index (χ4n) is 5.62. The highest BCUT2D eigenvalue weighted by molar-refractivity contribution is 6.40. The molecule has 0 saturated carbocycles. The van der Waals surface area contributed by atoms with Crippen LogP contribution in [-0.2, 0) is 21.4 Å². The molecule has 4 aromatic rings. The molecule has 0 aliphatic carbocycles. The van der Waals surface area contributed by atoms with E-state index in [0.717, 1.165) is 54.0 Å². The number of pyridine rings is 1. The highest BCUT2D eigenvalue weighted by Gasteiger charge is 2.35. The molecule has 192 valence electrons. The van der Waals surface area contributed by atoms with Crippen LogP contribution in [-0.4, -0.2) is 54.4 Å². The molecule has 3 aromatic heterocycles. The summed E-state index contributed by atoms with van der Waals surface area (Å²) in [6.07, 6.45) is 11.5. The highest BCUT2D eigenvalue weighted by atomic mass is 16.5. The molecule has 1 aromatic carbocycles. The van der Waals surface area contributed by atoms with Crippen molar-refractivity contribution in [3.05, 3.63) is 48.5 Å². The average molecular weight is 502 g/mol. The molecule has 1 N–H and O–H groups in total. The number of aromatic nitrogens is 5. The van der Waals surface area contributed by atoms with Crippen LogP contribution in [0.1, 0.15) is 56.9 Å². The zero-order valence-electron chi connectivity index (χ0n) is 21.1. The molecule has 2 aliphatic heterocycles. The first-order valence-electron chi connectivity index (χ1n) is 13.0. The molecule has 0 spiro atoms. The normalized spacial score (nSPS) is 22.4. The Bertz CT molecular complexity index is 1470. The molecule has 5 heterocycles. The number of amides is 2. The number of fused-ring (bicyclic) bond motifs is 2. The largest absolute Gasteiger partial charge is 0.356 e. The summed E-state index contributed by atoms with van der Waals surface area (Å²) in [5.74, 6) is -0.916. The van der Waals surface area contributed by atoms with Crippen molar-refractivity contribution in [2.24, 2.45) is 13.0 Å². The first-order chi connectivity index (χ1) is 18.0. The molecule has 6 rings (SSSR count). The number of hydrogen-bond acceptors (Lipinski definition) is 6. The van der Waals surface area contributed by atoms with Gasteiger partial charge in [0.15, 0.2) is 6.23 Å². The monoisotopic (exact) mass is 501 g/mol. The van der Waals surface area contributed by atoms with Crippen molar-refractivity contribution in [1.29, 1.82) is 0 Å². The Labute approximate surface area is 214 Å². The Kier molecular flexibility index (Phi) is 6.11. The van der Waals surface area contributed by atoms with Gasteiger partial charge in [-0.15, -0.1) is 0 Å². The molecule has 1 unspecified atom stereocenters. The van der Waals surface area contributed by atoms with Gasteiger partial charge in [-0.05, 0) is 49.7 Å². The smallest absolute Gasteiger partial charge is 0.314 e. The number of piperidine rings is 1. The Balaban J connectivity index is 1.28. The predicted octanol–water partition coefficient (Wildman–Crippen LogP) is 3.96. The Hall–Kier alpha value is -3.79. The molecule has 2 amide bonds. The lowest BCUT2D eigenvalue weighted by atomic mass is 9.89. The summed E-state index contributed by atoms with van der Waals surface area (Å²) in [5.41, 5.74) is 3.05. The molecular formula is C27H31N7O3. The molecule has 3 atom stereocenters. The number of carbonyl (C=O) groups excluding carboxylic acids is 2. The van der Waals surface area contributed by atoms with Crippen LogP contribution in [0.3, 0.4) is 0 Å². The Morgan fingerprint density at radius 1 is 1.08 bits per heavy atom. The van der Waals surface area contributed by atoms with Gasteiger partial charge in [-0.25, -0.2) is 4.68 Å². The van der Waals surface area contributed by atoms with E-state index in [0.29, 0.717) is 30.3 Å². The second-order valence-corrected chi connectivity index (χ2v) is 10.3. The van der Waals surface area contributed by atoms with E-state index in [4.69, 9.17) is 4.74 Å². The first-order valence-corrected chi connectivity index (χ1v) is 13.0. The predicted molar refractivity (Wildman–Crippen MR) is 139 cm³/mol. The molecule has 0 radical (unpaired) electrons. The van der Waals surface area contributed by atoms with Crippen LogP contribution >= 0.6 is 0 Å². The number of carbonyl (C=O) groups is 2. The molecule has 10 heteroatoms. The lowest BCUT2D eigenvalue weighted by Gasteiger charge is -2.38. The summed E-state index contributed by atoms with van der Waals surface area (Å²) < 4.78 is 9.50. The Morgan fingerprint density at radius 2 is 1.97 bits per heavy atom. The summed E-state index contributed by atoms with van der Waals surface area (Å²) in [6.45, 7) is 3.31. The SMILES string of the molecule is C[C@H]1CC[C@H](c2ccc3cn(C)nc3c2)N(C(=O)C(=O)Nc2cncc3cnn(C4CCCCO4)c23)C1. The minimum Gasteiger partial charge on any atom is -0.356 e. The van der Waals surface area contributed by atoms with E-state index in [1.165, 1.54) is 0 Å². The molecule has 2 saturated heterocycles. The average Bonchev–Trinajstić information content (AvgIpc) is 3.51. The van der Waals surface area contributed by atoms with Crippen molar-refractivity contribution in [2.45, 2.75) is 51.3 Å². The van der Waals surface area contributed by atoms with E-state index in [2.05, 4.69) is 27.4 Å². The van der Waals surface area contributed by atoms with Gasteiger partial charge >= 0.3 is 11.8 Å². The van der Waals surface area contributed by atoms with E-state index in [1.807, 2.05) is 31.4 Å². The number of nitrogens with one attached hydrogen (secondary N) is 1. The van der Waals surface area contributed by atoms with Crippen LogP contribution < -0.4 is 5.32 Å². The van der Waals surface area contributed by atoms with Gasteiger partial charge in [0, 0.05) is 43.4 Å². The summed E-state index contributed by atoms with van der Waals surface area (Å²) in [4.78, 5) is 32.9. The zero-order valence-corrected chi connectivity index (χ0v) is 21.1. The maximum Gasteiger partial charge on any atom is 0.314 e. The fraction of sp³-hybridized carbons (Fsp3) is 0.444. The third kappa shape index (κ3) is 4.46. The third-order valence-electron chi connectivity index (χ3n) is 7.48. The second-order valence-electron chi connectivity index (χ2n) is 10.3. The van der Waals surface area contributed by atoms with Gasteiger partial charge in [0.25, 0.3) is 0 Å². The van der Waals surface area contributed by atoms with Crippen molar-refractivity contribution >= 4 is 39.3 Å². The van der Waals surface area contributed by atoms with Gasteiger partial charge in [0.05, 0.1) is 35.2 Å². The topological polar surface area (TPSA) is 107 Å². The van der Waals surface area contributed by atoms with Crippen LogP contribution in [0.15, 0.2) is 43.0 Å². The van der Waals surface area contributed by atoms with E-state index >= 15 is 0 Å². The van der Waals surface area contributed by atoms with Gasteiger partial charge in [0.2, 0.25) is 0 Å². The van der Waals surface area contributed by atoms with Gasteiger partial charge in [0.1, 0.15) is 0 Å². The summed E-state index contributed by atoms with van der Waals surface area (Å²) in [7, 11) is 1.89. The molecule has 10 nitrogen and oxygen atoms in total. The molecule has 37 heavy (non-hydrogen) atoms. The molecular weight excluding hydrogens is 470 g/mol. The van der Waals surface area contributed by atoms with Gasteiger partial charge in [-0.3, -0.25) is 19.3 Å². The number of nitrogens with zero attached hydrogens (tertiary/aromatic N) is 6. The maximum absolute atomic E-state index is 13.6. The van der Waals surface area contributed by atoms with Crippen molar-refractivity contribution in [2.75, 3.05) is 18.5 Å². The lowest BCUT2D eigenvalue weighted by molar-refractivity contribution is -0.146. The van der Waals surface area contributed by atoms with Crippen LogP contribution in [0.4, 0.5) is 5.69 Å². The second kappa shape index (κ2) is 9.59. The quantitative estimate of drug-likeness (QED) is 0.426. The molecule has 0 bridgehead atoms. The van der Waals surface area contributed by atoms with Crippen molar-refractivity contribution in [3.63, 3.8) is 0 Å². The number of benzene rings is 1. The Morgan fingerprint density at radius 3 is 2.81 bits per heavy atom. The number of aryl methyl sites for hydroxylation is 1. The van der Waals surface area contributed by atoms with Crippen LogP contribution in [0.2, 0.25) is 0 Å². The number of ether oxygens (including phenoxy) is 1. The van der Waals surface area contributed by atoms with Gasteiger partial charge < -0.3 is 15.0 Å². The molecule has 2 fully saturated rings. The van der Waals surface area contributed by atoms with E-state index in [1.54, 1.807) is 32.9 Å². The number of anilines is 1. The minimum atomic E-state index is -0.676. The summed E-state index contributed by atoms with van der Waals surface area (Å²) >= 11 is 0. The highest BCUT2D eigenvalue weighted by Crippen LogP contribution is 2.35. The number of likely N-dealkylation sites (tertiary alicyclic amines) is 1. The summed E-state index contributed by atoms with van der Waals surface area (Å²) in [6, 6.07) is 5.91. The maximum atomic E-state index is 13.6. The van der Waals surface area contributed by atoms with Crippen molar-refractivity contribution < 1.29 is 14.3 Å². The number of hydrogen-bond donors (Lipinski definition) is 1. The first kappa shape index (κ1) is 23.6. The lowest BCUT2D eigenvalue weighted by Crippen LogP contribution is -2.46. The van der Waals surface area contributed by atoms with E-state index < -0.39 is 11.8 Å².